The van der Waals surface area contributed by atoms with Gasteiger partial charge in [0.25, 0.3) is 0 Å². The fraction of sp³-hybridized carbons (Fsp3) is 1.00. The molecule has 1 aliphatic carbocycles. The summed E-state index contributed by atoms with van der Waals surface area (Å²) in [6, 6.07) is 0. The van der Waals surface area contributed by atoms with Crippen LogP contribution in [0.2, 0.25) is 0 Å². The van der Waals surface area contributed by atoms with E-state index in [0.29, 0.717) is 5.41 Å². The van der Waals surface area contributed by atoms with E-state index >= 15 is 0 Å². The summed E-state index contributed by atoms with van der Waals surface area (Å²) in [5, 5.41) is 0. The van der Waals surface area contributed by atoms with Crippen LogP contribution < -0.4 is 0 Å². The number of rotatable bonds is 0. The minimum Gasteiger partial charge on any atom is -0.0625 e. The lowest BCUT2D eigenvalue weighted by Gasteiger charge is -2.30. The van der Waals surface area contributed by atoms with Crippen LogP contribution in [0.4, 0.5) is 0 Å². The lowest BCUT2D eigenvalue weighted by Crippen LogP contribution is -2.20. The van der Waals surface area contributed by atoms with Gasteiger partial charge in [-0.1, -0.05) is 40.5 Å². The molecule has 1 rings (SSSR count). The summed E-state index contributed by atoms with van der Waals surface area (Å²) in [5.74, 6) is 1.88. The van der Waals surface area contributed by atoms with E-state index in [1.807, 2.05) is 0 Å². The fourth-order valence-corrected chi connectivity index (χ4v) is 2.19. The van der Waals surface area contributed by atoms with Crippen LogP contribution in [0.5, 0.6) is 0 Å². The summed E-state index contributed by atoms with van der Waals surface area (Å²) in [5.41, 5.74) is 0.602. The van der Waals surface area contributed by atoms with Crippen molar-refractivity contribution in [2.75, 3.05) is 0 Å². The highest BCUT2D eigenvalue weighted by Crippen LogP contribution is 2.40. The highest BCUT2D eigenvalue weighted by atomic mass is 14.3. The Morgan fingerprint density at radius 3 is 2.45 bits per heavy atom. The Kier molecular flexibility index (Phi) is 2.61. The van der Waals surface area contributed by atoms with E-state index in [1.54, 1.807) is 0 Å². The van der Waals surface area contributed by atoms with Crippen LogP contribution in [0.25, 0.3) is 0 Å². The van der Waals surface area contributed by atoms with E-state index in [4.69, 9.17) is 0 Å². The van der Waals surface area contributed by atoms with Gasteiger partial charge in [0.05, 0.1) is 0 Å². The molecule has 0 aliphatic heterocycles. The summed E-state index contributed by atoms with van der Waals surface area (Å²) in [6.07, 6.45) is 5.76. The first kappa shape index (κ1) is 9.09. The smallest absolute Gasteiger partial charge is 0.0328 e. The standard InChI is InChI=1S/C11H22/c1-9-6-5-7-11(3,4)10(2)8-9/h9-10H,5-8H2,1-4H3. The monoisotopic (exact) mass is 154 g/mol. The minimum atomic E-state index is 0.602. The largest absolute Gasteiger partial charge is 0.0625 e. The Morgan fingerprint density at radius 1 is 1.18 bits per heavy atom. The molecule has 0 bridgehead atoms. The van der Waals surface area contributed by atoms with E-state index in [0.717, 1.165) is 11.8 Å². The first-order chi connectivity index (χ1) is 5.02. The first-order valence-corrected chi connectivity index (χ1v) is 5.02. The van der Waals surface area contributed by atoms with Crippen LogP contribution in [-0.4, -0.2) is 0 Å². The molecule has 0 heterocycles. The zero-order chi connectivity index (χ0) is 8.48. The molecule has 2 unspecified atom stereocenters. The second kappa shape index (κ2) is 3.16. The van der Waals surface area contributed by atoms with E-state index < -0.39 is 0 Å². The molecule has 66 valence electrons. The molecule has 0 spiro atoms. The van der Waals surface area contributed by atoms with Gasteiger partial charge in [0.1, 0.15) is 0 Å². The average molecular weight is 154 g/mol. The van der Waals surface area contributed by atoms with Gasteiger partial charge >= 0.3 is 0 Å². The van der Waals surface area contributed by atoms with Gasteiger partial charge in [-0.15, -0.1) is 0 Å². The summed E-state index contributed by atoms with van der Waals surface area (Å²) in [7, 11) is 0. The molecule has 0 aromatic carbocycles. The Balaban J connectivity index is 2.58. The van der Waals surface area contributed by atoms with Crippen molar-refractivity contribution in [2.45, 2.75) is 53.4 Å². The van der Waals surface area contributed by atoms with Crippen molar-refractivity contribution in [3.63, 3.8) is 0 Å². The minimum absolute atomic E-state index is 0.602. The molecule has 1 fully saturated rings. The lowest BCUT2D eigenvalue weighted by atomic mass is 9.76. The van der Waals surface area contributed by atoms with Gasteiger partial charge in [-0.25, -0.2) is 0 Å². The van der Waals surface area contributed by atoms with Crippen molar-refractivity contribution >= 4 is 0 Å². The molecule has 0 saturated heterocycles. The first-order valence-electron chi connectivity index (χ1n) is 5.02. The van der Waals surface area contributed by atoms with Crippen LogP contribution in [-0.2, 0) is 0 Å². The van der Waals surface area contributed by atoms with Gasteiger partial charge in [-0.05, 0) is 30.1 Å². The Hall–Kier alpha value is 0. The molecule has 0 radical (unpaired) electrons. The van der Waals surface area contributed by atoms with Crippen molar-refractivity contribution in [3.8, 4) is 0 Å². The molecular formula is C11H22. The molecule has 0 aromatic heterocycles. The summed E-state index contributed by atoms with van der Waals surface area (Å²) >= 11 is 0. The predicted octanol–water partition coefficient (Wildman–Crippen LogP) is 3.86. The Morgan fingerprint density at radius 2 is 1.82 bits per heavy atom. The van der Waals surface area contributed by atoms with Crippen molar-refractivity contribution in [3.05, 3.63) is 0 Å². The van der Waals surface area contributed by atoms with Crippen LogP contribution >= 0.6 is 0 Å². The summed E-state index contributed by atoms with van der Waals surface area (Å²) in [4.78, 5) is 0. The van der Waals surface area contributed by atoms with Crippen molar-refractivity contribution in [2.24, 2.45) is 17.3 Å². The third-order valence-electron chi connectivity index (χ3n) is 3.61. The zero-order valence-electron chi connectivity index (χ0n) is 8.48. The van der Waals surface area contributed by atoms with Gasteiger partial charge < -0.3 is 0 Å². The maximum atomic E-state index is 2.43. The van der Waals surface area contributed by atoms with Crippen LogP contribution in [0.15, 0.2) is 0 Å². The molecule has 0 N–H and O–H groups in total. The van der Waals surface area contributed by atoms with Gasteiger partial charge in [-0.3, -0.25) is 0 Å². The van der Waals surface area contributed by atoms with Gasteiger partial charge in [0.15, 0.2) is 0 Å². The second-order valence-corrected chi connectivity index (χ2v) is 5.12. The molecule has 0 heteroatoms. The summed E-state index contributed by atoms with van der Waals surface area (Å²) < 4.78 is 0. The zero-order valence-corrected chi connectivity index (χ0v) is 8.48. The third-order valence-corrected chi connectivity index (χ3v) is 3.61. The van der Waals surface area contributed by atoms with Crippen molar-refractivity contribution in [1.82, 2.24) is 0 Å². The highest BCUT2D eigenvalue weighted by molar-refractivity contribution is 4.80. The predicted molar refractivity (Wildman–Crippen MR) is 50.6 cm³/mol. The Labute approximate surface area is 71.4 Å². The normalized spacial score (nSPS) is 38.2. The topological polar surface area (TPSA) is 0 Å². The molecular weight excluding hydrogens is 132 g/mol. The van der Waals surface area contributed by atoms with Crippen molar-refractivity contribution in [1.29, 1.82) is 0 Å². The van der Waals surface area contributed by atoms with Crippen LogP contribution in [0, 0.1) is 17.3 Å². The van der Waals surface area contributed by atoms with Crippen LogP contribution in [0.1, 0.15) is 53.4 Å². The third kappa shape index (κ3) is 2.21. The van der Waals surface area contributed by atoms with E-state index in [1.165, 1.54) is 25.7 Å². The van der Waals surface area contributed by atoms with Gasteiger partial charge in [-0.2, -0.15) is 0 Å². The summed E-state index contributed by atoms with van der Waals surface area (Å²) in [6.45, 7) is 9.67. The number of hydrogen-bond acceptors (Lipinski definition) is 0. The molecule has 2 atom stereocenters. The molecule has 0 amide bonds. The fourth-order valence-electron chi connectivity index (χ4n) is 2.19. The quantitative estimate of drug-likeness (QED) is 0.465. The van der Waals surface area contributed by atoms with Gasteiger partial charge in [0, 0.05) is 0 Å². The maximum absolute atomic E-state index is 2.43. The molecule has 11 heavy (non-hydrogen) atoms. The highest BCUT2D eigenvalue weighted by Gasteiger charge is 2.29. The van der Waals surface area contributed by atoms with E-state index in [-0.39, 0.29) is 0 Å². The molecule has 0 aromatic rings. The Bertz CT molecular complexity index is 124. The SMILES string of the molecule is CC1CCCC(C)(C)C(C)C1. The number of hydrogen-bond donors (Lipinski definition) is 0. The van der Waals surface area contributed by atoms with E-state index in [9.17, 15) is 0 Å². The van der Waals surface area contributed by atoms with Gasteiger partial charge in [0.2, 0.25) is 0 Å². The van der Waals surface area contributed by atoms with Crippen LogP contribution in [0.3, 0.4) is 0 Å². The van der Waals surface area contributed by atoms with Crippen molar-refractivity contribution < 1.29 is 0 Å². The van der Waals surface area contributed by atoms with E-state index in [2.05, 4.69) is 27.7 Å². The second-order valence-electron chi connectivity index (χ2n) is 5.12. The molecule has 1 saturated carbocycles. The molecule has 0 nitrogen and oxygen atoms in total. The average Bonchev–Trinajstić information content (AvgIpc) is 1.94. The maximum Gasteiger partial charge on any atom is -0.0328 e. The molecule has 1 aliphatic rings. The lowest BCUT2D eigenvalue weighted by molar-refractivity contribution is 0.206.